The van der Waals surface area contributed by atoms with Gasteiger partial charge in [0.1, 0.15) is 5.75 Å². The van der Waals surface area contributed by atoms with Crippen LogP contribution in [0.2, 0.25) is 0 Å². The quantitative estimate of drug-likeness (QED) is 0.561. The Morgan fingerprint density at radius 3 is 2.52 bits per heavy atom. The van der Waals surface area contributed by atoms with E-state index in [9.17, 15) is 0 Å². The molecule has 1 rings (SSSR count). The van der Waals surface area contributed by atoms with E-state index in [1.165, 1.54) is 0 Å². The van der Waals surface area contributed by atoms with Gasteiger partial charge in [-0.2, -0.15) is 0 Å². The Labute approximate surface area is 139 Å². The highest BCUT2D eigenvalue weighted by molar-refractivity contribution is 5.80. The highest BCUT2D eigenvalue weighted by Crippen LogP contribution is 2.27. The zero-order valence-electron chi connectivity index (χ0n) is 15.1. The third-order valence-corrected chi connectivity index (χ3v) is 3.61. The first kappa shape index (κ1) is 19.3. The molecule has 1 aromatic carbocycles. The van der Waals surface area contributed by atoms with Crippen molar-refractivity contribution in [1.29, 1.82) is 0 Å². The van der Waals surface area contributed by atoms with Crippen LogP contribution in [0.5, 0.6) is 5.75 Å². The lowest BCUT2D eigenvalue weighted by atomic mass is 10.0. The van der Waals surface area contributed by atoms with Gasteiger partial charge in [0, 0.05) is 32.3 Å². The van der Waals surface area contributed by atoms with E-state index in [4.69, 9.17) is 9.47 Å². The number of aliphatic imine (C=N–C) groups is 1. The van der Waals surface area contributed by atoms with Crippen molar-refractivity contribution in [1.82, 2.24) is 15.5 Å². The van der Waals surface area contributed by atoms with Crippen LogP contribution in [0.15, 0.2) is 29.3 Å². The number of nitrogens with zero attached hydrogens (tertiary/aromatic N) is 2. The van der Waals surface area contributed by atoms with Gasteiger partial charge in [-0.3, -0.25) is 4.99 Å². The molecule has 0 saturated carbocycles. The van der Waals surface area contributed by atoms with Crippen LogP contribution in [-0.2, 0) is 4.74 Å². The number of benzene rings is 1. The van der Waals surface area contributed by atoms with Crippen LogP contribution in [0.1, 0.15) is 18.5 Å². The van der Waals surface area contributed by atoms with Gasteiger partial charge in [0.15, 0.2) is 5.96 Å². The molecular formula is C17H30N4O2. The van der Waals surface area contributed by atoms with E-state index < -0.39 is 0 Å². The molecule has 0 fully saturated rings. The largest absolute Gasteiger partial charge is 0.496 e. The molecule has 2 unspecified atom stereocenters. The fourth-order valence-corrected chi connectivity index (χ4v) is 2.43. The van der Waals surface area contributed by atoms with E-state index in [0.717, 1.165) is 17.3 Å². The Hall–Kier alpha value is -1.79. The summed E-state index contributed by atoms with van der Waals surface area (Å²) in [4.78, 5) is 6.43. The summed E-state index contributed by atoms with van der Waals surface area (Å²) >= 11 is 0. The van der Waals surface area contributed by atoms with Gasteiger partial charge in [-0.05, 0) is 27.1 Å². The fraction of sp³-hybridized carbons (Fsp3) is 0.588. The normalized spacial score (nSPS) is 14.5. The van der Waals surface area contributed by atoms with Gasteiger partial charge in [0.05, 0.1) is 19.8 Å². The van der Waals surface area contributed by atoms with Crippen LogP contribution in [0, 0.1) is 0 Å². The lowest BCUT2D eigenvalue weighted by Gasteiger charge is -2.27. The highest BCUT2D eigenvalue weighted by Gasteiger charge is 2.18. The smallest absolute Gasteiger partial charge is 0.191 e. The van der Waals surface area contributed by atoms with Crippen molar-refractivity contribution < 1.29 is 9.47 Å². The van der Waals surface area contributed by atoms with Gasteiger partial charge in [0.25, 0.3) is 0 Å². The van der Waals surface area contributed by atoms with Crippen molar-refractivity contribution in [3.63, 3.8) is 0 Å². The van der Waals surface area contributed by atoms with Crippen LogP contribution < -0.4 is 15.4 Å². The molecule has 0 aliphatic carbocycles. The molecule has 0 radical (unpaired) electrons. The molecule has 0 amide bonds. The Morgan fingerprint density at radius 2 is 1.96 bits per heavy atom. The molecule has 1 aromatic rings. The average molecular weight is 322 g/mol. The van der Waals surface area contributed by atoms with E-state index >= 15 is 0 Å². The monoisotopic (exact) mass is 322 g/mol. The van der Waals surface area contributed by atoms with E-state index in [0.29, 0.717) is 13.2 Å². The zero-order chi connectivity index (χ0) is 17.2. The average Bonchev–Trinajstić information content (AvgIpc) is 2.54. The molecule has 0 saturated heterocycles. The first-order chi connectivity index (χ1) is 11.0. The summed E-state index contributed by atoms with van der Waals surface area (Å²) in [6, 6.07) is 8.45. The summed E-state index contributed by atoms with van der Waals surface area (Å²) in [7, 11) is 9.28. The lowest BCUT2D eigenvalue weighted by Crippen LogP contribution is -2.46. The van der Waals surface area contributed by atoms with E-state index in [2.05, 4.69) is 47.6 Å². The van der Waals surface area contributed by atoms with E-state index in [-0.39, 0.29) is 12.1 Å². The van der Waals surface area contributed by atoms with Gasteiger partial charge in [-0.25, -0.2) is 0 Å². The minimum absolute atomic E-state index is 0.169. The fourth-order valence-electron chi connectivity index (χ4n) is 2.43. The third-order valence-electron chi connectivity index (χ3n) is 3.61. The van der Waals surface area contributed by atoms with Gasteiger partial charge in [-0.15, -0.1) is 0 Å². The molecule has 0 bridgehead atoms. The number of likely N-dealkylation sites (N-methyl/N-ethyl adjacent to an activating group) is 1. The molecule has 23 heavy (non-hydrogen) atoms. The predicted molar refractivity (Wildman–Crippen MR) is 95.3 cm³/mol. The second-order valence-corrected chi connectivity index (χ2v) is 5.68. The third kappa shape index (κ3) is 6.08. The molecule has 2 atom stereocenters. The highest BCUT2D eigenvalue weighted by atomic mass is 16.5. The maximum atomic E-state index is 5.49. The minimum Gasteiger partial charge on any atom is -0.496 e. The Bertz CT molecular complexity index is 491. The zero-order valence-corrected chi connectivity index (χ0v) is 15.1. The Morgan fingerprint density at radius 1 is 1.26 bits per heavy atom. The first-order valence-corrected chi connectivity index (χ1v) is 7.78. The first-order valence-electron chi connectivity index (χ1n) is 7.78. The minimum atomic E-state index is 0.169. The summed E-state index contributed by atoms with van der Waals surface area (Å²) in [5.74, 6) is 1.65. The van der Waals surface area contributed by atoms with E-state index in [1.54, 1.807) is 21.3 Å². The summed E-state index contributed by atoms with van der Waals surface area (Å²) in [5, 5.41) is 6.68. The van der Waals surface area contributed by atoms with Crippen LogP contribution in [-0.4, -0.2) is 65.4 Å². The van der Waals surface area contributed by atoms with Gasteiger partial charge >= 0.3 is 0 Å². The molecule has 0 heterocycles. The molecule has 0 aliphatic rings. The summed E-state index contributed by atoms with van der Waals surface area (Å²) < 4.78 is 10.6. The molecule has 2 N–H and O–H groups in total. The van der Waals surface area contributed by atoms with Crippen molar-refractivity contribution in [2.75, 3.05) is 48.5 Å². The second-order valence-electron chi connectivity index (χ2n) is 5.68. The number of methoxy groups -OCH3 is 2. The molecule has 0 spiro atoms. The summed E-state index contributed by atoms with van der Waals surface area (Å²) in [6.07, 6.45) is 0. The molecule has 6 nitrogen and oxygen atoms in total. The molecule has 0 aliphatic heterocycles. The second kappa shape index (κ2) is 10.1. The molecular weight excluding hydrogens is 292 g/mol. The van der Waals surface area contributed by atoms with Crippen LogP contribution in [0.3, 0.4) is 0 Å². The van der Waals surface area contributed by atoms with Crippen LogP contribution in [0.25, 0.3) is 0 Å². The van der Waals surface area contributed by atoms with Crippen molar-refractivity contribution in [3.8, 4) is 5.75 Å². The van der Waals surface area contributed by atoms with Crippen molar-refractivity contribution in [2.24, 2.45) is 4.99 Å². The van der Waals surface area contributed by atoms with Gasteiger partial charge in [0.2, 0.25) is 0 Å². The predicted octanol–water partition coefficient (Wildman–Crippen LogP) is 1.50. The standard InChI is InChI=1S/C17H30N4O2/c1-13(12-22-5)20-17(18-2)19-11-15(21(3)4)14-9-7-8-10-16(14)23-6/h7-10,13,15H,11-12H2,1-6H3,(H2,18,19,20). The topological polar surface area (TPSA) is 58.1 Å². The van der Waals surface area contributed by atoms with Gasteiger partial charge < -0.3 is 25.0 Å². The number of hydrogen-bond acceptors (Lipinski definition) is 4. The Balaban J connectivity index is 2.77. The molecule has 6 heteroatoms. The molecule has 0 aromatic heterocycles. The number of hydrogen-bond donors (Lipinski definition) is 2. The van der Waals surface area contributed by atoms with Crippen LogP contribution in [0.4, 0.5) is 0 Å². The van der Waals surface area contributed by atoms with E-state index in [1.807, 2.05) is 18.2 Å². The SMILES string of the molecule is CN=C(NCC(c1ccccc1OC)N(C)C)NC(C)COC. The van der Waals surface area contributed by atoms with Crippen molar-refractivity contribution in [3.05, 3.63) is 29.8 Å². The van der Waals surface area contributed by atoms with Crippen molar-refractivity contribution in [2.45, 2.75) is 19.0 Å². The van der Waals surface area contributed by atoms with Crippen molar-refractivity contribution >= 4 is 5.96 Å². The Kier molecular flexibility index (Phi) is 8.43. The maximum Gasteiger partial charge on any atom is 0.191 e. The van der Waals surface area contributed by atoms with Crippen LogP contribution >= 0.6 is 0 Å². The maximum absolute atomic E-state index is 5.49. The number of guanidine groups is 1. The number of ether oxygens (including phenoxy) is 2. The summed E-state index contributed by atoms with van der Waals surface area (Å²) in [6.45, 7) is 3.40. The number of rotatable bonds is 8. The lowest BCUT2D eigenvalue weighted by molar-refractivity contribution is 0.179. The number of para-hydroxylation sites is 1. The molecule has 130 valence electrons. The van der Waals surface area contributed by atoms with Gasteiger partial charge in [-0.1, -0.05) is 18.2 Å². The number of nitrogens with one attached hydrogen (secondary N) is 2. The summed E-state index contributed by atoms with van der Waals surface area (Å²) in [5.41, 5.74) is 1.15.